The highest BCUT2D eigenvalue weighted by atomic mass is 35.5. The lowest BCUT2D eigenvalue weighted by atomic mass is 9.98. The van der Waals surface area contributed by atoms with Gasteiger partial charge in [-0.05, 0) is 56.0 Å². The Balaban J connectivity index is 2.05. The van der Waals surface area contributed by atoms with E-state index in [2.05, 4.69) is 24.4 Å². The van der Waals surface area contributed by atoms with Crippen LogP contribution in [0.3, 0.4) is 0 Å². The minimum atomic E-state index is 0.815. The van der Waals surface area contributed by atoms with Crippen molar-refractivity contribution in [1.82, 2.24) is 5.32 Å². The smallest absolute Gasteiger partial charge is 0.0435 e. The van der Waals surface area contributed by atoms with E-state index in [1.54, 1.807) is 0 Å². The second-order valence-corrected chi connectivity index (χ2v) is 4.55. The largest absolute Gasteiger partial charge is 0.316 e. The molecule has 1 atom stereocenters. The van der Waals surface area contributed by atoms with Crippen LogP contribution in [0.25, 0.3) is 0 Å². The second kappa shape index (κ2) is 4.33. The van der Waals surface area contributed by atoms with Crippen LogP contribution in [0, 0.1) is 12.8 Å². The fourth-order valence-corrected chi connectivity index (χ4v) is 2.17. The summed E-state index contributed by atoms with van der Waals surface area (Å²) in [6.45, 7) is 4.41. The molecule has 0 aromatic heterocycles. The molecule has 1 aromatic rings. The van der Waals surface area contributed by atoms with Crippen molar-refractivity contribution >= 4 is 11.6 Å². The van der Waals surface area contributed by atoms with Crippen molar-refractivity contribution < 1.29 is 0 Å². The Morgan fingerprint density at radius 2 is 2.36 bits per heavy atom. The highest BCUT2D eigenvalue weighted by molar-refractivity contribution is 6.31. The molecule has 0 saturated carbocycles. The molecule has 1 aromatic carbocycles. The molecule has 76 valence electrons. The normalized spacial score (nSPS) is 21.4. The van der Waals surface area contributed by atoms with Gasteiger partial charge in [-0.25, -0.2) is 0 Å². The van der Waals surface area contributed by atoms with E-state index in [-0.39, 0.29) is 0 Å². The first-order chi connectivity index (χ1) is 6.75. The minimum absolute atomic E-state index is 0.815. The summed E-state index contributed by atoms with van der Waals surface area (Å²) in [5.41, 5.74) is 2.61. The summed E-state index contributed by atoms with van der Waals surface area (Å²) in [5.74, 6) is 0.815. The molecule has 0 radical (unpaired) electrons. The molecule has 1 N–H and O–H groups in total. The van der Waals surface area contributed by atoms with Gasteiger partial charge in [-0.3, -0.25) is 0 Å². The van der Waals surface area contributed by atoms with E-state index in [1.165, 1.54) is 37.1 Å². The standard InChI is InChI=1S/C12H16ClN/c1-9-6-10(2-3-12(9)13)7-11-4-5-14-8-11/h2-3,6,11,14H,4-5,7-8H2,1H3. The van der Waals surface area contributed by atoms with Gasteiger partial charge in [-0.2, -0.15) is 0 Å². The molecule has 0 aliphatic carbocycles. The summed E-state index contributed by atoms with van der Waals surface area (Å²) in [6.07, 6.45) is 2.49. The predicted octanol–water partition coefficient (Wildman–Crippen LogP) is 2.80. The minimum Gasteiger partial charge on any atom is -0.316 e. The van der Waals surface area contributed by atoms with Crippen LogP contribution in [0.4, 0.5) is 0 Å². The van der Waals surface area contributed by atoms with E-state index in [4.69, 9.17) is 11.6 Å². The number of nitrogens with one attached hydrogen (secondary N) is 1. The number of hydrogen-bond donors (Lipinski definition) is 1. The topological polar surface area (TPSA) is 12.0 Å². The van der Waals surface area contributed by atoms with Gasteiger partial charge in [0.05, 0.1) is 0 Å². The van der Waals surface area contributed by atoms with E-state index in [1.807, 2.05) is 6.07 Å². The Kier molecular flexibility index (Phi) is 3.09. The van der Waals surface area contributed by atoms with E-state index >= 15 is 0 Å². The Hall–Kier alpha value is -0.530. The van der Waals surface area contributed by atoms with Gasteiger partial charge in [-0.15, -0.1) is 0 Å². The maximum Gasteiger partial charge on any atom is 0.0435 e. The zero-order valence-electron chi connectivity index (χ0n) is 8.52. The lowest BCUT2D eigenvalue weighted by Crippen LogP contribution is -2.10. The van der Waals surface area contributed by atoms with Crippen molar-refractivity contribution in [3.05, 3.63) is 34.3 Å². The van der Waals surface area contributed by atoms with Crippen LogP contribution in [-0.4, -0.2) is 13.1 Å². The Labute approximate surface area is 90.5 Å². The first kappa shape index (κ1) is 10.0. The van der Waals surface area contributed by atoms with Crippen LogP contribution in [0.2, 0.25) is 5.02 Å². The molecule has 0 spiro atoms. The fourth-order valence-electron chi connectivity index (χ4n) is 2.06. The highest BCUT2D eigenvalue weighted by Crippen LogP contribution is 2.20. The van der Waals surface area contributed by atoms with Gasteiger partial charge in [0.15, 0.2) is 0 Å². The SMILES string of the molecule is Cc1cc(CC2CCNC2)ccc1Cl. The molecule has 2 rings (SSSR count). The molecule has 1 saturated heterocycles. The van der Waals surface area contributed by atoms with Crippen LogP contribution in [0.5, 0.6) is 0 Å². The molecular weight excluding hydrogens is 194 g/mol. The summed E-state index contributed by atoms with van der Waals surface area (Å²) in [5, 5.41) is 4.27. The van der Waals surface area contributed by atoms with Crippen LogP contribution in [0.1, 0.15) is 17.5 Å². The van der Waals surface area contributed by atoms with Gasteiger partial charge >= 0.3 is 0 Å². The average Bonchev–Trinajstić information content (AvgIpc) is 2.64. The summed E-state index contributed by atoms with van der Waals surface area (Å²) >= 11 is 5.98. The summed E-state index contributed by atoms with van der Waals surface area (Å²) in [6, 6.07) is 6.36. The van der Waals surface area contributed by atoms with Gasteiger partial charge in [0.1, 0.15) is 0 Å². The Morgan fingerprint density at radius 3 is 3.00 bits per heavy atom. The van der Waals surface area contributed by atoms with Crippen molar-refractivity contribution in [3.8, 4) is 0 Å². The molecule has 1 aliphatic rings. The number of rotatable bonds is 2. The number of hydrogen-bond acceptors (Lipinski definition) is 1. The number of halogens is 1. The maximum absolute atomic E-state index is 5.98. The van der Waals surface area contributed by atoms with E-state index < -0.39 is 0 Å². The predicted molar refractivity (Wildman–Crippen MR) is 60.9 cm³/mol. The first-order valence-electron chi connectivity index (χ1n) is 5.21. The molecule has 0 amide bonds. The molecule has 14 heavy (non-hydrogen) atoms. The van der Waals surface area contributed by atoms with Crippen LogP contribution >= 0.6 is 11.6 Å². The van der Waals surface area contributed by atoms with Gasteiger partial charge in [-0.1, -0.05) is 23.7 Å². The summed E-state index contributed by atoms with van der Waals surface area (Å²) in [4.78, 5) is 0. The van der Waals surface area contributed by atoms with Crippen molar-refractivity contribution in [1.29, 1.82) is 0 Å². The van der Waals surface area contributed by atoms with Gasteiger partial charge < -0.3 is 5.32 Å². The zero-order chi connectivity index (χ0) is 9.97. The van der Waals surface area contributed by atoms with Gasteiger partial charge in [0, 0.05) is 5.02 Å². The third-order valence-electron chi connectivity index (χ3n) is 2.91. The highest BCUT2D eigenvalue weighted by Gasteiger charge is 2.14. The van der Waals surface area contributed by atoms with E-state index in [9.17, 15) is 0 Å². The number of benzene rings is 1. The lowest BCUT2D eigenvalue weighted by Gasteiger charge is -2.09. The second-order valence-electron chi connectivity index (χ2n) is 4.15. The molecule has 2 heteroatoms. The van der Waals surface area contributed by atoms with Crippen molar-refractivity contribution in [2.24, 2.45) is 5.92 Å². The zero-order valence-corrected chi connectivity index (χ0v) is 9.27. The monoisotopic (exact) mass is 209 g/mol. The molecule has 1 heterocycles. The van der Waals surface area contributed by atoms with E-state index in [0.29, 0.717) is 0 Å². The average molecular weight is 210 g/mol. The fraction of sp³-hybridized carbons (Fsp3) is 0.500. The van der Waals surface area contributed by atoms with Crippen LogP contribution < -0.4 is 5.32 Å². The first-order valence-corrected chi connectivity index (χ1v) is 5.59. The quantitative estimate of drug-likeness (QED) is 0.790. The van der Waals surface area contributed by atoms with Crippen LogP contribution in [-0.2, 0) is 6.42 Å². The van der Waals surface area contributed by atoms with Gasteiger partial charge in [0.2, 0.25) is 0 Å². The maximum atomic E-state index is 5.98. The van der Waals surface area contributed by atoms with Gasteiger partial charge in [0.25, 0.3) is 0 Å². The number of aryl methyl sites for hydroxylation is 1. The van der Waals surface area contributed by atoms with Crippen molar-refractivity contribution in [2.45, 2.75) is 19.8 Å². The molecule has 1 fully saturated rings. The van der Waals surface area contributed by atoms with Crippen LogP contribution in [0.15, 0.2) is 18.2 Å². The summed E-state index contributed by atoms with van der Waals surface area (Å²) in [7, 11) is 0. The molecule has 1 unspecified atom stereocenters. The van der Waals surface area contributed by atoms with E-state index in [0.717, 1.165) is 10.9 Å². The Morgan fingerprint density at radius 1 is 1.50 bits per heavy atom. The summed E-state index contributed by atoms with van der Waals surface area (Å²) < 4.78 is 0. The molecule has 1 aliphatic heterocycles. The van der Waals surface area contributed by atoms with Crippen molar-refractivity contribution in [3.63, 3.8) is 0 Å². The third kappa shape index (κ3) is 2.28. The van der Waals surface area contributed by atoms with Crippen molar-refractivity contribution in [2.75, 3.05) is 13.1 Å². The lowest BCUT2D eigenvalue weighted by molar-refractivity contribution is 0.580. The molecule has 0 bridgehead atoms. The third-order valence-corrected chi connectivity index (χ3v) is 3.33. The Bertz CT molecular complexity index is 316. The molecule has 1 nitrogen and oxygen atoms in total. The molecular formula is C12H16ClN.